The van der Waals surface area contributed by atoms with Crippen LogP contribution in [0.4, 0.5) is 5.69 Å². The van der Waals surface area contributed by atoms with E-state index in [0.29, 0.717) is 53.5 Å². The zero-order chi connectivity index (χ0) is 23.0. The topological polar surface area (TPSA) is 133 Å². The number of aromatic nitrogens is 2. The number of ether oxygens (including phenoxy) is 1. The van der Waals surface area contributed by atoms with Crippen molar-refractivity contribution in [1.29, 1.82) is 0 Å². The Hall–Kier alpha value is -3.20. The van der Waals surface area contributed by atoms with Crippen LogP contribution in [0.3, 0.4) is 0 Å². The highest BCUT2D eigenvalue weighted by Crippen LogP contribution is 2.31. The maximum Gasteiger partial charge on any atom is 0.254 e. The summed E-state index contributed by atoms with van der Waals surface area (Å²) < 4.78 is 5.82. The molecule has 0 spiro atoms. The van der Waals surface area contributed by atoms with Crippen LogP contribution < -0.4 is 20.9 Å². The number of aromatic amines is 1. The lowest BCUT2D eigenvalue weighted by atomic mass is 10.1. The summed E-state index contributed by atoms with van der Waals surface area (Å²) in [4.78, 5) is 43.7. The fourth-order valence-electron chi connectivity index (χ4n) is 3.13. The van der Waals surface area contributed by atoms with Gasteiger partial charge in [0.15, 0.2) is 0 Å². The highest BCUT2D eigenvalue weighted by molar-refractivity contribution is 5.97. The Morgan fingerprint density at radius 2 is 1.97 bits per heavy atom. The van der Waals surface area contributed by atoms with E-state index in [4.69, 9.17) is 4.74 Å². The van der Waals surface area contributed by atoms with Crippen molar-refractivity contribution in [3.8, 4) is 17.1 Å². The third-order valence-electron chi connectivity index (χ3n) is 4.63. The van der Waals surface area contributed by atoms with Crippen molar-refractivity contribution in [3.63, 3.8) is 0 Å². The molecule has 0 aliphatic heterocycles. The summed E-state index contributed by atoms with van der Waals surface area (Å²) in [5.74, 6) is -0.123. The van der Waals surface area contributed by atoms with Gasteiger partial charge < -0.3 is 25.5 Å². The highest BCUT2D eigenvalue weighted by atomic mass is 16.5. The van der Waals surface area contributed by atoms with E-state index in [1.807, 2.05) is 20.8 Å². The van der Waals surface area contributed by atoms with Crippen LogP contribution in [0.5, 0.6) is 5.75 Å². The van der Waals surface area contributed by atoms with Gasteiger partial charge in [-0.15, -0.1) is 0 Å². The van der Waals surface area contributed by atoms with Crippen LogP contribution in [-0.4, -0.2) is 46.1 Å². The number of aliphatic hydroxyl groups excluding tert-OH is 1. The molecule has 0 fully saturated rings. The number of benzene rings is 1. The molecule has 1 unspecified atom stereocenters. The van der Waals surface area contributed by atoms with Gasteiger partial charge in [-0.05, 0) is 37.5 Å². The molecule has 2 amide bonds. The number of nitrogens with one attached hydrogen (secondary N) is 3. The first-order chi connectivity index (χ1) is 14.8. The molecule has 31 heavy (non-hydrogen) atoms. The summed E-state index contributed by atoms with van der Waals surface area (Å²) in [5.41, 5.74) is 2.09. The van der Waals surface area contributed by atoms with Gasteiger partial charge in [0.05, 0.1) is 24.5 Å². The second-order valence-electron chi connectivity index (χ2n) is 7.03. The monoisotopic (exact) mass is 430 g/mol. The summed E-state index contributed by atoms with van der Waals surface area (Å²) in [6, 6.07) is 3.90. The quantitative estimate of drug-likeness (QED) is 0.454. The molecule has 0 radical (unpaired) electrons. The lowest BCUT2D eigenvalue weighted by Crippen LogP contribution is -2.45. The minimum atomic E-state index is -1.08. The van der Waals surface area contributed by atoms with Gasteiger partial charge in [0, 0.05) is 18.2 Å². The van der Waals surface area contributed by atoms with Gasteiger partial charge in [0.25, 0.3) is 5.56 Å². The molecule has 0 saturated heterocycles. The number of aryl methyl sites for hydroxylation is 1. The number of carbonyl (C=O) groups is 2. The molecule has 1 heterocycles. The number of hydrogen-bond donors (Lipinski definition) is 4. The van der Waals surface area contributed by atoms with E-state index in [9.17, 15) is 19.5 Å². The summed E-state index contributed by atoms with van der Waals surface area (Å²) in [6.07, 6.45) is 1.98. The minimum absolute atomic E-state index is 0.203. The number of hydrogen-bond acceptors (Lipinski definition) is 6. The highest BCUT2D eigenvalue weighted by Gasteiger charge is 2.20. The maximum absolute atomic E-state index is 12.6. The van der Waals surface area contributed by atoms with E-state index >= 15 is 0 Å². The van der Waals surface area contributed by atoms with Gasteiger partial charge in [-0.1, -0.05) is 20.8 Å². The molecule has 168 valence electrons. The molecule has 9 nitrogen and oxygen atoms in total. The number of anilines is 1. The number of rotatable bonds is 10. The van der Waals surface area contributed by atoms with Gasteiger partial charge in [0.1, 0.15) is 17.6 Å². The molecule has 2 rings (SSSR count). The standard InChI is InChI=1S/C22H30N4O5/c1-5-10-31-19-9-8-14(24-22(30)18(12-27)23-13(4)28)11-16(19)20-25-17(7-3)15(6-2)21(29)26-20/h8-9,11,18,27H,5-7,10,12H2,1-4H3,(H,23,28)(H,24,30)(H,25,26,29). The smallest absolute Gasteiger partial charge is 0.254 e. The van der Waals surface area contributed by atoms with E-state index in [0.717, 1.165) is 6.42 Å². The second-order valence-corrected chi connectivity index (χ2v) is 7.03. The normalized spacial score (nSPS) is 11.6. The third kappa shape index (κ3) is 6.14. The second kappa shape index (κ2) is 11.3. The third-order valence-corrected chi connectivity index (χ3v) is 4.63. The Morgan fingerprint density at radius 1 is 1.23 bits per heavy atom. The van der Waals surface area contributed by atoms with Crippen molar-refractivity contribution in [3.05, 3.63) is 39.8 Å². The van der Waals surface area contributed by atoms with E-state index in [2.05, 4.69) is 20.6 Å². The van der Waals surface area contributed by atoms with Gasteiger partial charge >= 0.3 is 0 Å². The van der Waals surface area contributed by atoms with Crippen LogP contribution in [0.1, 0.15) is 45.4 Å². The Kier molecular flexibility index (Phi) is 8.75. The van der Waals surface area contributed by atoms with Crippen LogP contribution in [-0.2, 0) is 22.4 Å². The van der Waals surface area contributed by atoms with Crippen molar-refractivity contribution in [1.82, 2.24) is 15.3 Å². The fraction of sp³-hybridized carbons (Fsp3) is 0.455. The number of nitrogens with zero attached hydrogens (tertiary/aromatic N) is 1. The molecule has 0 aliphatic rings. The predicted octanol–water partition coefficient (Wildman–Crippen LogP) is 1.79. The van der Waals surface area contributed by atoms with E-state index in [-0.39, 0.29) is 5.56 Å². The number of aliphatic hydroxyl groups is 1. The van der Waals surface area contributed by atoms with E-state index in [1.54, 1.807) is 18.2 Å². The van der Waals surface area contributed by atoms with Crippen LogP contribution in [0.25, 0.3) is 11.4 Å². The molecular formula is C22H30N4O5. The van der Waals surface area contributed by atoms with Crippen LogP contribution in [0.2, 0.25) is 0 Å². The lowest BCUT2D eigenvalue weighted by Gasteiger charge is -2.17. The summed E-state index contributed by atoms with van der Waals surface area (Å²) in [5, 5.41) is 14.4. The lowest BCUT2D eigenvalue weighted by molar-refractivity contribution is -0.126. The Morgan fingerprint density at radius 3 is 2.55 bits per heavy atom. The molecular weight excluding hydrogens is 400 g/mol. The van der Waals surface area contributed by atoms with Gasteiger partial charge in [-0.3, -0.25) is 14.4 Å². The number of carbonyl (C=O) groups excluding carboxylic acids is 2. The molecule has 1 atom stereocenters. The molecule has 1 aromatic carbocycles. The number of amides is 2. The van der Waals surface area contributed by atoms with E-state index < -0.39 is 24.5 Å². The van der Waals surface area contributed by atoms with E-state index in [1.165, 1.54) is 6.92 Å². The molecule has 0 bridgehead atoms. The summed E-state index contributed by atoms with van der Waals surface area (Å²) in [6.45, 7) is 7.03. The first-order valence-electron chi connectivity index (χ1n) is 10.4. The summed E-state index contributed by atoms with van der Waals surface area (Å²) >= 11 is 0. The van der Waals surface area contributed by atoms with Gasteiger partial charge in [0.2, 0.25) is 11.8 Å². The zero-order valence-corrected chi connectivity index (χ0v) is 18.4. The van der Waals surface area contributed by atoms with Crippen molar-refractivity contribution in [2.45, 2.75) is 53.0 Å². The zero-order valence-electron chi connectivity index (χ0n) is 18.4. The fourth-order valence-corrected chi connectivity index (χ4v) is 3.13. The van der Waals surface area contributed by atoms with Crippen molar-refractivity contribution in [2.75, 3.05) is 18.5 Å². The molecule has 4 N–H and O–H groups in total. The van der Waals surface area contributed by atoms with Crippen LogP contribution in [0, 0.1) is 0 Å². The van der Waals surface area contributed by atoms with Crippen molar-refractivity contribution < 1.29 is 19.4 Å². The average Bonchev–Trinajstić information content (AvgIpc) is 2.75. The molecule has 1 aromatic heterocycles. The number of H-pyrrole nitrogens is 1. The summed E-state index contributed by atoms with van der Waals surface area (Å²) in [7, 11) is 0. The molecule has 0 aliphatic carbocycles. The van der Waals surface area contributed by atoms with Crippen molar-refractivity contribution in [2.24, 2.45) is 0 Å². The van der Waals surface area contributed by atoms with Crippen LogP contribution in [0.15, 0.2) is 23.0 Å². The Balaban J connectivity index is 2.48. The van der Waals surface area contributed by atoms with Gasteiger partial charge in [-0.2, -0.15) is 0 Å². The predicted molar refractivity (Wildman–Crippen MR) is 118 cm³/mol. The molecule has 2 aromatic rings. The largest absolute Gasteiger partial charge is 0.493 e. The van der Waals surface area contributed by atoms with Gasteiger partial charge in [-0.25, -0.2) is 4.98 Å². The Bertz CT molecular complexity index is 986. The minimum Gasteiger partial charge on any atom is -0.493 e. The van der Waals surface area contributed by atoms with Crippen molar-refractivity contribution >= 4 is 17.5 Å². The Labute approximate surface area is 181 Å². The first kappa shape index (κ1) is 24.1. The maximum atomic E-state index is 12.6. The molecule has 0 saturated carbocycles. The van der Waals surface area contributed by atoms with Crippen LogP contribution >= 0.6 is 0 Å². The first-order valence-corrected chi connectivity index (χ1v) is 10.4. The molecule has 9 heteroatoms. The average molecular weight is 431 g/mol. The SMILES string of the molecule is CCCOc1ccc(NC(=O)C(CO)NC(C)=O)cc1-c1nc(CC)c(CC)c(=O)[nH]1.